The summed E-state index contributed by atoms with van der Waals surface area (Å²) in [5.74, 6) is 1.50. The molecule has 0 aliphatic carbocycles. The molecular formula is C15H20F2N4O4S. The molecule has 1 saturated heterocycles. The van der Waals surface area contributed by atoms with Crippen LogP contribution in [0, 0.1) is 10.1 Å². The SMILES string of the molecule is CN(C)C1(CNC(=O)Nc2cc([N+](=O)[O-])ccc2OC(F)F)CCSC1. The van der Waals surface area contributed by atoms with Crippen LogP contribution in [0.1, 0.15) is 6.42 Å². The number of amides is 2. The highest BCUT2D eigenvalue weighted by molar-refractivity contribution is 7.99. The van der Waals surface area contributed by atoms with Gasteiger partial charge in [0.2, 0.25) is 0 Å². The van der Waals surface area contributed by atoms with E-state index < -0.39 is 17.6 Å². The lowest BCUT2D eigenvalue weighted by molar-refractivity contribution is -0.384. The average molecular weight is 390 g/mol. The number of urea groups is 1. The van der Waals surface area contributed by atoms with Crippen molar-refractivity contribution in [3.05, 3.63) is 28.3 Å². The van der Waals surface area contributed by atoms with E-state index in [0.717, 1.165) is 36.1 Å². The van der Waals surface area contributed by atoms with E-state index in [1.165, 1.54) is 0 Å². The third kappa shape index (κ3) is 4.94. The van der Waals surface area contributed by atoms with Gasteiger partial charge in [0.25, 0.3) is 5.69 Å². The van der Waals surface area contributed by atoms with Crippen LogP contribution in [0.25, 0.3) is 0 Å². The molecule has 1 atom stereocenters. The van der Waals surface area contributed by atoms with Crippen LogP contribution in [-0.4, -0.2) is 60.2 Å². The Kier molecular flexibility index (Phi) is 6.59. The van der Waals surface area contributed by atoms with Crippen LogP contribution in [0.3, 0.4) is 0 Å². The monoisotopic (exact) mass is 390 g/mol. The van der Waals surface area contributed by atoms with Gasteiger partial charge in [-0.3, -0.25) is 10.1 Å². The fourth-order valence-electron chi connectivity index (χ4n) is 2.59. The van der Waals surface area contributed by atoms with Gasteiger partial charge in [-0.15, -0.1) is 0 Å². The molecule has 1 aliphatic rings. The maximum absolute atomic E-state index is 12.5. The van der Waals surface area contributed by atoms with Crippen molar-refractivity contribution in [2.75, 3.05) is 37.5 Å². The van der Waals surface area contributed by atoms with Crippen molar-refractivity contribution in [2.45, 2.75) is 18.6 Å². The van der Waals surface area contributed by atoms with Gasteiger partial charge in [-0.25, -0.2) is 4.79 Å². The number of benzene rings is 1. The molecule has 0 spiro atoms. The Morgan fingerprint density at radius 3 is 2.77 bits per heavy atom. The minimum absolute atomic E-state index is 0.188. The summed E-state index contributed by atoms with van der Waals surface area (Å²) in [5.41, 5.74) is -0.733. The molecule has 0 aromatic heterocycles. The van der Waals surface area contributed by atoms with Crippen LogP contribution in [0.5, 0.6) is 5.75 Å². The van der Waals surface area contributed by atoms with E-state index in [-0.39, 0.29) is 22.7 Å². The summed E-state index contributed by atoms with van der Waals surface area (Å²) in [7, 11) is 3.86. The Labute approximate surface area is 153 Å². The first kappa shape index (κ1) is 20.2. The number of nitro groups is 1. The highest BCUT2D eigenvalue weighted by Gasteiger charge is 2.36. The second kappa shape index (κ2) is 8.49. The number of nitrogens with zero attached hydrogens (tertiary/aromatic N) is 2. The second-order valence-electron chi connectivity index (χ2n) is 6.05. The van der Waals surface area contributed by atoms with Gasteiger partial charge in [0.05, 0.1) is 10.6 Å². The maximum atomic E-state index is 12.5. The quantitative estimate of drug-likeness (QED) is 0.549. The molecule has 1 aromatic carbocycles. The fourth-order valence-corrected chi connectivity index (χ4v) is 4.14. The van der Waals surface area contributed by atoms with Crippen molar-refractivity contribution in [3.8, 4) is 5.75 Å². The zero-order valence-electron chi connectivity index (χ0n) is 14.3. The largest absolute Gasteiger partial charge is 0.433 e. The molecule has 0 saturated carbocycles. The number of carbonyl (C=O) groups excluding carboxylic acids is 1. The summed E-state index contributed by atoms with van der Waals surface area (Å²) in [6, 6.07) is 2.37. The number of hydrogen-bond donors (Lipinski definition) is 2. The first-order valence-corrected chi connectivity index (χ1v) is 8.92. The lowest BCUT2D eigenvalue weighted by Crippen LogP contribution is -2.53. The Morgan fingerprint density at radius 2 is 2.23 bits per heavy atom. The number of nitro benzene ring substituents is 1. The molecule has 2 N–H and O–H groups in total. The first-order valence-electron chi connectivity index (χ1n) is 7.77. The van der Waals surface area contributed by atoms with Crippen LogP contribution in [0.4, 0.5) is 25.0 Å². The first-order chi connectivity index (χ1) is 12.2. The van der Waals surface area contributed by atoms with Crippen molar-refractivity contribution in [1.29, 1.82) is 0 Å². The predicted octanol–water partition coefficient (Wildman–Crippen LogP) is 2.76. The smallest absolute Gasteiger partial charge is 0.387 e. The van der Waals surface area contributed by atoms with Crippen molar-refractivity contribution in [3.63, 3.8) is 0 Å². The number of halogens is 2. The predicted molar refractivity (Wildman–Crippen MR) is 95.1 cm³/mol. The molecule has 0 radical (unpaired) electrons. The standard InChI is InChI=1S/C15H20F2N4O4S/c1-20(2)15(5-6-26-9-15)8-18-14(22)19-11-7-10(21(23)24)3-4-12(11)25-13(16)17/h3-4,7,13H,5-6,8-9H2,1-2H3,(H2,18,19,22). The Balaban J connectivity index is 2.09. The molecule has 144 valence electrons. The molecule has 1 fully saturated rings. The lowest BCUT2D eigenvalue weighted by Gasteiger charge is -2.35. The Hall–Kier alpha value is -2.14. The third-order valence-corrected chi connectivity index (χ3v) is 5.48. The molecule has 2 amide bonds. The van der Waals surface area contributed by atoms with E-state index in [1.54, 1.807) is 11.8 Å². The van der Waals surface area contributed by atoms with Crippen LogP contribution in [0.2, 0.25) is 0 Å². The van der Waals surface area contributed by atoms with E-state index in [9.17, 15) is 23.7 Å². The van der Waals surface area contributed by atoms with Crippen LogP contribution in [-0.2, 0) is 0 Å². The van der Waals surface area contributed by atoms with Gasteiger partial charge in [0, 0.05) is 30.0 Å². The molecule has 1 aliphatic heterocycles. The summed E-state index contributed by atoms with van der Waals surface area (Å²) in [5, 5.41) is 15.9. The molecular weight excluding hydrogens is 370 g/mol. The molecule has 1 heterocycles. The summed E-state index contributed by atoms with van der Waals surface area (Å²) < 4.78 is 29.3. The number of nitrogens with one attached hydrogen (secondary N) is 2. The number of carbonyl (C=O) groups is 1. The van der Waals surface area contributed by atoms with E-state index in [2.05, 4.69) is 15.4 Å². The van der Waals surface area contributed by atoms with E-state index >= 15 is 0 Å². The molecule has 1 aromatic rings. The third-order valence-electron chi connectivity index (χ3n) is 4.25. The normalized spacial score (nSPS) is 19.6. The molecule has 1 unspecified atom stereocenters. The lowest BCUT2D eigenvalue weighted by atomic mass is 9.97. The van der Waals surface area contributed by atoms with E-state index in [0.29, 0.717) is 6.54 Å². The summed E-state index contributed by atoms with van der Waals surface area (Å²) >= 11 is 1.79. The highest BCUT2D eigenvalue weighted by Crippen LogP contribution is 2.32. The molecule has 8 nitrogen and oxygen atoms in total. The maximum Gasteiger partial charge on any atom is 0.387 e. The van der Waals surface area contributed by atoms with Gasteiger partial charge < -0.3 is 20.3 Å². The number of hydrogen-bond acceptors (Lipinski definition) is 6. The van der Waals surface area contributed by atoms with Crippen LogP contribution < -0.4 is 15.4 Å². The van der Waals surface area contributed by atoms with Crippen molar-refractivity contribution < 1.29 is 23.2 Å². The van der Waals surface area contributed by atoms with Gasteiger partial charge >= 0.3 is 12.6 Å². The minimum atomic E-state index is -3.12. The summed E-state index contributed by atoms with van der Waals surface area (Å²) in [6.07, 6.45) is 0.904. The number of alkyl halides is 2. The topological polar surface area (TPSA) is 96.7 Å². The minimum Gasteiger partial charge on any atom is -0.433 e. The van der Waals surface area contributed by atoms with E-state index in [4.69, 9.17) is 0 Å². The molecule has 11 heteroatoms. The number of non-ortho nitro benzene ring substituents is 1. The molecule has 0 bridgehead atoms. The average Bonchev–Trinajstić information content (AvgIpc) is 3.04. The Morgan fingerprint density at radius 1 is 1.50 bits per heavy atom. The van der Waals surface area contributed by atoms with Crippen molar-refractivity contribution in [1.82, 2.24) is 10.2 Å². The van der Waals surface area contributed by atoms with Crippen molar-refractivity contribution >= 4 is 29.2 Å². The van der Waals surface area contributed by atoms with Crippen LogP contribution >= 0.6 is 11.8 Å². The van der Waals surface area contributed by atoms with Gasteiger partial charge in [-0.2, -0.15) is 20.5 Å². The zero-order chi connectivity index (χ0) is 19.3. The van der Waals surface area contributed by atoms with Crippen molar-refractivity contribution in [2.24, 2.45) is 0 Å². The number of anilines is 1. The van der Waals surface area contributed by atoms with Gasteiger partial charge in [-0.1, -0.05) is 0 Å². The highest BCUT2D eigenvalue weighted by atomic mass is 32.2. The van der Waals surface area contributed by atoms with Crippen LogP contribution in [0.15, 0.2) is 18.2 Å². The summed E-state index contributed by atoms with van der Waals surface area (Å²) in [6.45, 7) is -2.76. The summed E-state index contributed by atoms with van der Waals surface area (Å²) in [4.78, 5) is 24.4. The zero-order valence-corrected chi connectivity index (χ0v) is 15.1. The van der Waals surface area contributed by atoms with E-state index in [1.807, 2.05) is 19.0 Å². The van der Waals surface area contributed by atoms with Gasteiger partial charge in [0.15, 0.2) is 0 Å². The Bertz CT molecular complexity index is 669. The number of rotatable bonds is 7. The second-order valence-corrected chi connectivity index (χ2v) is 7.15. The van der Waals surface area contributed by atoms with Gasteiger partial charge in [-0.05, 0) is 32.3 Å². The molecule has 2 rings (SSSR count). The number of thioether (sulfide) groups is 1. The fraction of sp³-hybridized carbons (Fsp3) is 0.533. The number of ether oxygens (including phenoxy) is 1. The molecule has 26 heavy (non-hydrogen) atoms. The number of likely N-dealkylation sites (N-methyl/N-ethyl adjacent to an activating group) is 1. The van der Waals surface area contributed by atoms with Gasteiger partial charge in [0.1, 0.15) is 5.75 Å².